The molecule has 1 N–H and O–H groups in total. The second kappa shape index (κ2) is 7.76. The first-order valence-corrected chi connectivity index (χ1v) is 9.72. The van der Waals surface area contributed by atoms with Crippen LogP contribution in [0.5, 0.6) is 0 Å². The molecule has 29 heavy (non-hydrogen) atoms. The van der Waals surface area contributed by atoms with Gasteiger partial charge in [-0.25, -0.2) is 9.67 Å². The zero-order valence-corrected chi connectivity index (χ0v) is 16.3. The van der Waals surface area contributed by atoms with Crippen LogP contribution in [0, 0.1) is 0 Å². The van der Waals surface area contributed by atoms with Gasteiger partial charge in [0.25, 0.3) is 11.5 Å². The zero-order chi connectivity index (χ0) is 20.4. The molecule has 0 aliphatic heterocycles. The van der Waals surface area contributed by atoms with Gasteiger partial charge in [0.1, 0.15) is 5.69 Å². The molecule has 2 aromatic heterocycles. The molecule has 0 fully saturated rings. The number of Topliss-reactive ketones (excluding diaryl/α,β-unsaturated/α-hetero) is 1. The molecule has 0 unspecified atom stereocenters. The van der Waals surface area contributed by atoms with E-state index in [1.807, 2.05) is 30.3 Å². The average molecular weight is 404 g/mol. The van der Waals surface area contributed by atoms with Gasteiger partial charge in [-0.15, -0.1) is 11.3 Å². The molecule has 2 heterocycles. The molecule has 0 saturated heterocycles. The van der Waals surface area contributed by atoms with Crippen molar-refractivity contribution < 1.29 is 9.59 Å². The van der Waals surface area contributed by atoms with Crippen molar-refractivity contribution in [1.82, 2.24) is 14.8 Å². The highest BCUT2D eigenvalue weighted by atomic mass is 32.1. The number of hydrogen-bond donors (Lipinski definition) is 1. The van der Waals surface area contributed by atoms with E-state index in [9.17, 15) is 14.4 Å². The Morgan fingerprint density at radius 2 is 1.72 bits per heavy atom. The number of amides is 1. The second-order valence-electron chi connectivity index (χ2n) is 6.39. The highest BCUT2D eigenvalue weighted by molar-refractivity contribution is 7.14. The summed E-state index contributed by atoms with van der Waals surface area (Å²) in [6.07, 6.45) is 0. The number of anilines is 1. The fourth-order valence-corrected chi connectivity index (χ4v) is 3.66. The first kappa shape index (κ1) is 18.7. The molecule has 144 valence electrons. The van der Waals surface area contributed by atoms with Gasteiger partial charge < -0.3 is 0 Å². The molecule has 4 aromatic rings. The van der Waals surface area contributed by atoms with Crippen LogP contribution in [0.1, 0.15) is 33.5 Å². The maximum atomic E-state index is 12.9. The SMILES string of the molecule is CC(=O)c1csc(NC(=O)c2nn(Cc3ccccc3)c(=O)c3ccccc23)n1. The van der Waals surface area contributed by atoms with Gasteiger partial charge in [0.05, 0.1) is 11.9 Å². The summed E-state index contributed by atoms with van der Waals surface area (Å²) in [6.45, 7) is 1.66. The van der Waals surface area contributed by atoms with Crippen molar-refractivity contribution in [3.63, 3.8) is 0 Å². The van der Waals surface area contributed by atoms with Crippen LogP contribution < -0.4 is 10.9 Å². The van der Waals surface area contributed by atoms with Crippen LogP contribution >= 0.6 is 11.3 Å². The fourth-order valence-electron chi connectivity index (χ4n) is 2.92. The van der Waals surface area contributed by atoms with Crippen molar-refractivity contribution in [2.24, 2.45) is 0 Å². The predicted octanol–water partition coefficient (Wildman–Crippen LogP) is 3.36. The minimum absolute atomic E-state index is 0.121. The normalized spacial score (nSPS) is 10.8. The molecule has 0 atom stereocenters. The molecule has 0 bridgehead atoms. The van der Waals surface area contributed by atoms with Gasteiger partial charge in [-0.2, -0.15) is 5.10 Å². The van der Waals surface area contributed by atoms with Crippen molar-refractivity contribution in [2.45, 2.75) is 13.5 Å². The van der Waals surface area contributed by atoms with E-state index in [1.165, 1.54) is 11.6 Å². The Hall–Kier alpha value is -3.65. The summed E-state index contributed by atoms with van der Waals surface area (Å²) in [4.78, 5) is 41.3. The quantitative estimate of drug-likeness (QED) is 0.515. The maximum Gasteiger partial charge on any atom is 0.278 e. The number of nitrogens with one attached hydrogen (secondary N) is 1. The molecule has 2 aromatic carbocycles. The van der Waals surface area contributed by atoms with Crippen LogP contribution in [0.4, 0.5) is 5.13 Å². The van der Waals surface area contributed by atoms with Gasteiger partial charge >= 0.3 is 0 Å². The predicted molar refractivity (Wildman–Crippen MR) is 112 cm³/mol. The minimum atomic E-state index is -0.493. The van der Waals surface area contributed by atoms with Crippen LogP contribution in [0.2, 0.25) is 0 Å². The van der Waals surface area contributed by atoms with Crippen molar-refractivity contribution in [3.05, 3.63) is 87.3 Å². The molecule has 0 aliphatic carbocycles. The van der Waals surface area contributed by atoms with Gasteiger partial charge in [0, 0.05) is 17.7 Å². The molecule has 0 radical (unpaired) electrons. The first-order valence-electron chi connectivity index (χ1n) is 8.84. The number of hydrogen-bond acceptors (Lipinski definition) is 6. The number of nitrogens with zero attached hydrogens (tertiary/aromatic N) is 3. The van der Waals surface area contributed by atoms with Crippen LogP contribution in [0.3, 0.4) is 0 Å². The van der Waals surface area contributed by atoms with Crippen LogP contribution in [-0.2, 0) is 6.54 Å². The zero-order valence-electron chi connectivity index (χ0n) is 15.5. The van der Waals surface area contributed by atoms with E-state index in [4.69, 9.17) is 0 Å². The topological polar surface area (TPSA) is 94.0 Å². The Balaban J connectivity index is 1.76. The van der Waals surface area contributed by atoms with E-state index in [-0.39, 0.29) is 29.3 Å². The van der Waals surface area contributed by atoms with E-state index in [0.717, 1.165) is 16.9 Å². The Kier molecular flexibility index (Phi) is 5.01. The smallest absolute Gasteiger partial charge is 0.278 e. The highest BCUT2D eigenvalue weighted by Gasteiger charge is 2.18. The van der Waals surface area contributed by atoms with Crippen molar-refractivity contribution in [2.75, 3.05) is 5.32 Å². The number of thiazole rings is 1. The Morgan fingerprint density at radius 3 is 2.41 bits per heavy atom. The number of rotatable bonds is 5. The minimum Gasteiger partial charge on any atom is -0.296 e. The average Bonchev–Trinajstić information content (AvgIpc) is 3.20. The molecule has 0 saturated carbocycles. The number of aromatic nitrogens is 3. The molecule has 0 aliphatic rings. The molecular formula is C21H16N4O3S. The largest absolute Gasteiger partial charge is 0.296 e. The standard InChI is InChI=1S/C21H16N4O3S/c1-13(26)17-12-29-21(22-17)23-19(27)18-15-9-5-6-10-16(15)20(28)25(24-18)11-14-7-3-2-4-8-14/h2-10,12H,11H2,1H3,(H,22,23,27). The third-order valence-corrected chi connectivity index (χ3v) is 5.10. The second-order valence-corrected chi connectivity index (χ2v) is 7.25. The Bertz CT molecular complexity index is 1280. The molecule has 0 spiro atoms. The van der Waals surface area contributed by atoms with Gasteiger partial charge in [-0.05, 0) is 11.6 Å². The first-order chi connectivity index (χ1) is 14.0. The molecule has 7 nitrogen and oxygen atoms in total. The summed E-state index contributed by atoms with van der Waals surface area (Å²) < 4.78 is 1.29. The van der Waals surface area contributed by atoms with Crippen LogP contribution in [0.25, 0.3) is 10.8 Å². The summed E-state index contributed by atoms with van der Waals surface area (Å²) in [6, 6.07) is 16.3. The van der Waals surface area contributed by atoms with Crippen molar-refractivity contribution in [3.8, 4) is 0 Å². The van der Waals surface area contributed by atoms with E-state index < -0.39 is 5.91 Å². The number of fused-ring (bicyclic) bond motifs is 1. The van der Waals surface area contributed by atoms with Gasteiger partial charge in [-0.1, -0.05) is 48.5 Å². The number of ketones is 1. The third-order valence-electron chi connectivity index (χ3n) is 4.34. The molecule has 8 heteroatoms. The van der Waals surface area contributed by atoms with Gasteiger partial charge in [0.2, 0.25) is 0 Å². The monoisotopic (exact) mass is 404 g/mol. The van der Waals surface area contributed by atoms with Crippen molar-refractivity contribution >= 4 is 38.9 Å². The van der Waals surface area contributed by atoms with E-state index in [2.05, 4.69) is 15.4 Å². The lowest BCUT2D eigenvalue weighted by molar-refractivity contribution is 0.100. The fraction of sp³-hybridized carbons (Fsp3) is 0.0952. The summed E-state index contributed by atoms with van der Waals surface area (Å²) in [5.74, 6) is -0.672. The molecular weight excluding hydrogens is 388 g/mol. The van der Waals surface area contributed by atoms with Crippen LogP contribution in [0.15, 0.2) is 64.8 Å². The summed E-state index contributed by atoms with van der Waals surface area (Å²) in [5, 5.41) is 9.76. The lowest BCUT2D eigenvalue weighted by Crippen LogP contribution is -2.28. The summed E-state index contributed by atoms with van der Waals surface area (Å²) >= 11 is 1.16. The summed E-state index contributed by atoms with van der Waals surface area (Å²) in [7, 11) is 0. The van der Waals surface area contributed by atoms with Crippen molar-refractivity contribution in [1.29, 1.82) is 0 Å². The Labute approximate surface area is 169 Å². The Morgan fingerprint density at radius 1 is 1.03 bits per heavy atom. The lowest BCUT2D eigenvalue weighted by atomic mass is 10.1. The third kappa shape index (κ3) is 3.83. The van der Waals surface area contributed by atoms with E-state index >= 15 is 0 Å². The van der Waals surface area contributed by atoms with Gasteiger partial charge in [0.15, 0.2) is 16.6 Å². The number of carbonyl (C=O) groups is 2. The highest BCUT2D eigenvalue weighted by Crippen LogP contribution is 2.19. The lowest BCUT2D eigenvalue weighted by Gasteiger charge is -2.10. The number of carbonyl (C=O) groups excluding carboxylic acids is 2. The van der Waals surface area contributed by atoms with Crippen LogP contribution in [-0.4, -0.2) is 26.5 Å². The molecule has 1 amide bonds. The van der Waals surface area contributed by atoms with Gasteiger partial charge in [-0.3, -0.25) is 19.7 Å². The summed E-state index contributed by atoms with van der Waals surface area (Å²) in [5.41, 5.74) is 1.04. The van der Waals surface area contributed by atoms with E-state index in [1.54, 1.807) is 29.6 Å². The van der Waals surface area contributed by atoms with E-state index in [0.29, 0.717) is 15.9 Å². The number of benzene rings is 2. The maximum absolute atomic E-state index is 12.9. The molecule has 4 rings (SSSR count).